The summed E-state index contributed by atoms with van der Waals surface area (Å²) in [4.78, 5) is 15.1. The van der Waals surface area contributed by atoms with E-state index in [-0.39, 0.29) is 11.2 Å². The molecule has 0 fully saturated rings. The molecule has 22 heavy (non-hydrogen) atoms. The van der Waals surface area contributed by atoms with Gasteiger partial charge in [-0.3, -0.25) is 4.79 Å². The first-order valence-corrected chi connectivity index (χ1v) is 8.61. The van der Waals surface area contributed by atoms with E-state index in [0.29, 0.717) is 11.4 Å². The molecule has 2 N–H and O–H groups in total. The van der Waals surface area contributed by atoms with Crippen LogP contribution in [0.1, 0.15) is 51.5 Å². The Morgan fingerprint density at radius 3 is 2.59 bits per heavy atom. The minimum absolute atomic E-state index is 0.0191. The molecule has 114 valence electrons. The standard InChI is InChI=1S/C18H19NOS2/c1-18(2)9-12-15(13(20)10-18)14(22-16(12)17(19)21)8-11-6-4-3-5-7-11/h3-7H,8-10H2,1-2H3,(H2,19,21). The van der Waals surface area contributed by atoms with E-state index in [9.17, 15) is 4.79 Å². The number of benzene rings is 1. The number of ketones is 1. The zero-order valence-electron chi connectivity index (χ0n) is 12.8. The van der Waals surface area contributed by atoms with E-state index in [1.807, 2.05) is 18.2 Å². The first-order valence-electron chi connectivity index (χ1n) is 7.39. The van der Waals surface area contributed by atoms with Crippen molar-refractivity contribution in [3.8, 4) is 0 Å². The molecule has 0 bridgehead atoms. The van der Waals surface area contributed by atoms with Gasteiger partial charge in [-0.25, -0.2) is 0 Å². The van der Waals surface area contributed by atoms with Crippen molar-refractivity contribution in [1.82, 2.24) is 0 Å². The van der Waals surface area contributed by atoms with Crippen molar-refractivity contribution >= 4 is 34.3 Å². The van der Waals surface area contributed by atoms with Gasteiger partial charge in [-0.15, -0.1) is 11.3 Å². The SMILES string of the molecule is CC1(C)CC(=O)c2c(Cc3ccccc3)sc(C(N)=S)c2C1. The van der Waals surface area contributed by atoms with Gasteiger partial charge in [0.2, 0.25) is 0 Å². The van der Waals surface area contributed by atoms with Crippen LogP contribution in [0, 0.1) is 5.41 Å². The number of thiophene rings is 1. The zero-order chi connectivity index (χ0) is 15.9. The second-order valence-electron chi connectivity index (χ2n) is 6.68. The van der Waals surface area contributed by atoms with E-state index < -0.39 is 0 Å². The quantitative estimate of drug-likeness (QED) is 0.861. The van der Waals surface area contributed by atoms with Gasteiger partial charge in [-0.05, 0) is 23.0 Å². The first-order chi connectivity index (χ1) is 10.4. The molecule has 1 aromatic carbocycles. The number of thiocarbonyl (C=S) groups is 1. The number of hydrogen-bond acceptors (Lipinski definition) is 3. The lowest BCUT2D eigenvalue weighted by atomic mass is 9.73. The van der Waals surface area contributed by atoms with Gasteiger partial charge in [0, 0.05) is 23.3 Å². The molecule has 3 rings (SSSR count). The van der Waals surface area contributed by atoms with Crippen molar-refractivity contribution < 1.29 is 4.79 Å². The molecule has 2 aromatic rings. The van der Waals surface area contributed by atoms with E-state index >= 15 is 0 Å². The Kier molecular flexibility index (Phi) is 3.91. The maximum Gasteiger partial charge on any atom is 0.164 e. The second kappa shape index (κ2) is 5.60. The van der Waals surface area contributed by atoms with Crippen molar-refractivity contribution in [3.05, 3.63) is 56.8 Å². The topological polar surface area (TPSA) is 43.1 Å². The van der Waals surface area contributed by atoms with E-state index in [2.05, 4.69) is 26.0 Å². The first kappa shape index (κ1) is 15.4. The van der Waals surface area contributed by atoms with Crippen LogP contribution in [-0.2, 0) is 12.8 Å². The summed E-state index contributed by atoms with van der Waals surface area (Å²) in [7, 11) is 0. The summed E-state index contributed by atoms with van der Waals surface area (Å²) < 4.78 is 0. The third-order valence-corrected chi connectivity index (χ3v) is 5.68. The van der Waals surface area contributed by atoms with Crippen LogP contribution in [0.25, 0.3) is 0 Å². The van der Waals surface area contributed by atoms with Crippen molar-refractivity contribution in [1.29, 1.82) is 0 Å². The average Bonchev–Trinajstić information content (AvgIpc) is 2.77. The van der Waals surface area contributed by atoms with E-state index in [0.717, 1.165) is 33.7 Å². The number of Topliss-reactive ketones (excluding diaryl/α,β-unsaturated/α-hetero) is 1. The Bertz CT molecular complexity index is 744. The molecular weight excluding hydrogens is 310 g/mol. The molecule has 0 radical (unpaired) electrons. The fourth-order valence-corrected chi connectivity index (χ4v) is 4.65. The number of fused-ring (bicyclic) bond motifs is 1. The van der Waals surface area contributed by atoms with Crippen molar-refractivity contribution in [3.63, 3.8) is 0 Å². The normalized spacial score (nSPS) is 16.4. The second-order valence-corrected chi connectivity index (χ2v) is 8.22. The molecule has 2 nitrogen and oxygen atoms in total. The largest absolute Gasteiger partial charge is 0.389 e. The highest BCUT2D eigenvalue weighted by Crippen LogP contribution is 2.42. The highest BCUT2D eigenvalue weighted by molar-refractivity contribution is 7.81. The molecule has 0 spiro atoms. The minimum Gasteiger partial charge on any atom is -0.389 e. The maximum absolute atomic E-state index is 12.7. The molecule has 0 saturated carbocycles. The summed E-state index contributed by atoms with van der Waals surface area (Å²) in [6.07, 6.45) is 2.23. The Labute approximate surface area is 140 Å². The molecule has 1 aromatic heterocycles. The van der Waals surface area contributed by atoms with Crippen LogP contribution in [0.2, 0.25) is 0 Å². The number of rotatable bonds is 3. The third kappa shape index (κ3) is 2.85. The Morgan fingerprint density at radius 1 is 1.27 bits per heavy atom. The Balaban J connectivity index is 2.09. The summed E-state index contributed by atoms with van der Waals surface area (Å²) in [6, 6.07) is 10.2. The fraction of sp³-hybridized carbons (Fsp3) is 0.333. The highest BCUT2D eigenvalue weighted by atomic mass is 32.1. The number of carbonyl (C=O) groups excluding carboxylic acids is 1. The summed E-state index contributed by atoms with van der Waals surface area (Å²) in [5.41, 5.74) is 9.06. The van der Waals surface area contributed by atoms with Gasteiger partial charge in [0.25, 0.3) is 0 Å². The molecule has 0 saturated heterocycles. The van der Waals surface area contributed by atoms with Crippen LogP contribution in [0.3, 0.4) is 0 Å². The molecule has 0 aliphatic heterocycles. The lowest BCUT2D eigenvalue weighted by Crippen LogP contribution is -2.28. The summed E-state index contributed by atoms with van der Waals surface area (Å²) >= 11 is 6.81. The average molecular weight is 329 g/mol. The minimum atomic E-state index is -0.0191. The number of nitrogens with two attached hydrogens (primary N) is 1. The van der Waals surface area contributed by atoms with Crippen molar-refractivity contribution in [2.45, 2.75) is 33.1 Å². The maximum atomic E-state index is 12.7. The number of hydrogen-bond donors (Lipinski definition) is 1. The molecule has 1 aliphatic carbocycles. The van der Waals surface area contributed by atoms with E-state index in [1.165, 1.54) is 5.56 Å². The van der Waals surface area contributed by atoms with Gasteiger partial charge < -0.3 is 5.73 Å². The van der Waals surface area contributed by atoms with Gasteiger partial charge in [0.15, 0.2) is 5.78 Å². The van der Waals surface area contributed by atoms with E-state index in [4.69, 9.17) is 18.0 Å². The Morgan fingerprint density at radius 2 is 1.95 bits per heavy atom. The van der Waals surface area contributed by atoms with Crippen LogP contribution < -0.4 is 5.73 Å². The number of carbonyl (C=O) groups is 1. The zero-order valence-corrected chi connectivity index (χ0v) is 14.4. The van der Waals surface area contributed by atoms with Crippen molar-refractivity contribution in [2.24, 2.45) is 11.1 Å². The summed E-state index contributed by atoms with van der Waals surface area (Å²) in [5, 5.41) is 0. The molecule has 4 heteroatoms. The van der Waals surface area contributed by atoms with E-state index in [1.54, 1.807) is 11.3 Å². The molecular formula is C18H19NOS2. The molecule has 0 atom stereocenters. The van der Waals surface area contributed by atoms with Crippen LogP contribution in [0.4, 0.5) is 0 Å². The van der Waals surface area contributed by atoms with Gasteiger partial charge in [-0.1, -0.05) is 56.4 Å². The van der Waals surface area contributed by atoms with Gasteiger partial charge in [-0.2, -0.15) is 0 Å². The summed E-state index contributed by atoms with van der Waals surface area (Å²) in [6.45, 7) is 4.26. The molecule has 1 heterocycles. The molecule has 1 aliphatic rings. The lowest BCUT2D eigenvalue weighted by molar-refractivity contribution is 0.0912. The Hall–Kier alpha value is -1.52. The van der Waals surface area contributed by atoms with Crippen LogP contribution in [0.5, 0.6) is 0 Å². The lowest BCUT2D eigenvalue weighted by Gasteiger charge is -2.29. The van der Waals surface area contributed by atoms with Gasteiger partial charge in [0.05, 0.1) is 4.88 Å². The van der Waals surface area contributed by atoms with Gasteiger partial charge >= 0.3 is 0 Å². The predicted octanol–water partition coefficient (Wildman–Crippen LogP) is 4.13. The van der Waals surface area contributed by atoms with Crippen LogP contribution >= 0.6 is 23.6 Å². The van der Waals surface area contributed by atoms with Crippen molar-refractivity contribution in [2.75, 3.05) is 0 Å². The highest BCUT2D eigenvalue weighted by Gasteiger charge is 2.36. The monoisotopic (exact) mass is 329 g/mol. The van der Waals surface area contributed by atoms with Gasteiger partial charge in [0.1, 0.15) is 4.99 Å². The smallest absolute Gasteiger partial charge is 0.164 e. The third-order valence-electron chi connectivity index (χ3n) is 4.08. The van der Waals surface area contributed by atoms with Crippen LogP contribution in [0.15, 0.2) is 30.3 Å². The predicted molar refractivity (Wildman–Crippen MR) is 95.9 cm³/mol. The van der Waals surface area contributed by atoms with Crippen LogP contribution in [-0.4, -0.2) is 10.8 Å². The fourth-order valence-electron chi connectivity index (χ4n) is 3.18. The summed E-state index contributed by atoms with van der Waals surface area (Å²) in [5.74, 6) is 0.232. The molecule has 0 amide bonds. The molecule has 0 unspecified atom stereocenters.